The van der Waals surface area contributed by atoms with Crippen LogP contribution in [0.4, 0.5) is 46.3 Å². The Kier molecular flexibility index (Phi) is 7.91. The summed E-state index contributed by atoms with van der Waals surface area (Å²) in [4.78, 5) is 36.2. The number of fused-ring (bicyclic) bond motifs is 8. The second-order valence-corrected chi connectivity index (χ2v) is 11.3. The number of nitriles is 1. The van der Waals surface area contributed by atoms with Gasteiger partial charge in [0.1, 0.15) is 34.9 Å². The molecule has 0 unspecified atom stereocenters. The summed E-state index contributed by atoms with van der Waals surface area (Å²) < 4.78 is 5.35. The number of carbonyl (C=O) groups is 1. The normalized spacial score (nSPS) is 13.8. The molecule has 0 amide bonds. The van der Waals surface area contributed by atoms with Gasteiger partial charge in [-0.15, -0.1) is 0 Å². The lowest BCUT2D eigenvalue weighted by molar-refractivity contribution is -0.143. The number of hydrogen-bond acceptors (Lipinski definition) is 10. The average molecular weight is 577 g/mol. The summed E-state index contributed by atoms with van der Waals surface area (Å²) in [6.45, 7) is 3.67. The summed E-state index contributed by atoms with van der Waals surface area (Å²) in [7, 11) is 9.09. The van der Waals surface area contributed by atoms with E-state index >= 15 is 0 Å². The van der Waals surface area contributed by atoms with E-state index in [-0.39, 0.29) is 6.42 Å². The smallest absolute Gasteiger partial charge is 0.313 e. The molecule has 10 heteroatoms. The molecule has 0 spiro atoms. The van der Waals surface area contributed by atoms with Gasteiger partial charge in [0.05, 0.1) is 24.5 Å². The zero-order chi connectivity index (χ0) is 30.9. The Morgan fingerprint density at radius 2 is 1.07 bits per heavy atom. The van der Waals surface area contributed by atoms with Crippen molar-refractivity contribution in [1.82, 2.24) is 15.0 Å². The van der Waals surface area contributed by atoms with Crippen molar-refractivity contribution >= 4 is 52.3 Å². The molecule has 220 valence electrons. The number of esters is 1. The van der Waals surface area contributed by atoms with Gasteiger partial charge in [0, 0.05) is 45.1 Å². The van der Waals surface area contributed by atoms with E-state index in [0.717, 1.165) is 28.6 Å². The lowest BCUT2D eigenvalue weighted by atomic mass is 9.79. The maximum absolute atomic E-state index is 13.5. The molecule has 0 aliphatic carbocycles. The predicted molar refractivity (Wildman–Crippen MR) is 170 cm³/mol. The van der Waals surface area contributed by atoms with E-state index in [1.807, 2.05) is 134 Å². The minimum atomic E-state index is -0.793. The summed E-state index contributed by atoms with van der Waals surface area (Å²) in [6, 6.07) is 25.7. The van der Waals surface area contributed by atoms with E-state index in [1.54, 1.807) is 0 Å². The Bertz CT molecular complexity index is 1610. The minimum Gasteiger partial charge on any atom is -0.469 e. The zero-order valence-electron chi connectivity index (χ0n) is 25.6. The second-order valence-electron chi connectivity index (χ2n) is 11.3. The standard InChI is InChI=1S/C33H36N8O2/c1-33(2,21-34)20-22(32(42)43-7)31-23-12-8-13-24(31)39(4)26-15-10-17-28(36-26)41(6)30-19-11-18-29(37-30)40(5)27-16-9-14-25(35-27)38(23)3/h8-19,22H,20H2,1-7H3/t22-/m0/s1. The van der Waals surface area contributed by atoms with Crippen LogP contribution in [0.2, 0.25) is 0 Å². The van der Waals surface area contributed by atoms with E-state index in [4.69, 9.17) is 19.7 Å². The quantitative estimate of drug-likeness (QED) is 0.252. The van der Waals surface area contributed by atoms with Gasteiger partial charge in [-0.05, 0) is 68.8 Å². The number of methoxy groups -OCH3 is 1. The van der Waals surface area contributed by atoms with Crippen molar-refractivity contribution in [3.05, 3.63) is 78.4 Å². The van der Waals surface area contributed by atoms with E-state index in [0.29, 0.717) is 23.3 Å². The number of ether oxygens (including phenoxy) is 1. The van der Waals surface area contributed by atoms with Gasteiger partial charge in [-0.1, -0.05) is 24.3 Å². The summed E-state index contributed by atoms with van der Waals surface area (Å²) in [5, 5.41) is 9.95. The molecular weight excluding hydrogens is 540 g/mol. The van der Waals surface area contributed by atoms with Crippen LogP contribution < -0.4 is 19.6 Å². The maximum atomic E-state index is 13.5. The van der Waals surface area contributed by atoms with Crippen LogP contribution in [0.15, 0.2) is 72.8 Å². The Morgan fingerprint density at radius 3 is 1.42 bits per heavy atom. The number of carbonyl (C=O) groups excluding carboxylic acids is 1. The third-order valence-corrected chi connectivity index (χ3v) is 7.86. The number of rotatable bonds is 4. The lowest BCUT2D eigenvalue weighted by Crippen LogP contribution is -2.27. The van der Waals surface area contributed by atoms with Crippen LogP contribution in [0.5, 0.6) is 0 Å². The van der Waals surface area contributed by atoms with Crippen LogP contribution in [0.1, 0.15) is 31.7 Å². The number of anilines is 8. The molecule has 1 atom stereocenters. The molecule has 1 aliphatic rings. The third kappa shape index (κ3) is 5.66. The molecule has 10 nitrogen and oxygen atoms in total. The first kappa shape index (κ1) is 29.3. The largest absolute Gasteiger partial charge is 0.469 e. The molecule has 0 N–H and O–H groups in total. The lowest BCUT2D eigenvalue weighted by Gasteiger charge is -2.33. The molecule has 4 heterocycles. The van der Waals surface area contributed by atoms with Gasteiger partial charge >= 0.3 is 5.97 Å². The summed E-state index contributed by atoms with van der Waals surface area (Å²) >= 11 is 0. The first-order valence-electron chi connectivity index (χ1n) is 14.0. The third-order valence-electron chi connectivity index (χ3n) is 7.86. The molecule has 4 aromatic rings. The zero-order valence-corrected chi connectivity index (χ0v) is 25.6. The van der Waals surface area contributed by atoms with E-state index in [9.17, 15) is 10.1 Å². The number of benzene rings is 1. The molecule has 0 radical (unpaired) electrons. The molecule has 0 saturated carbocycles. The highest BCUT2D eigenvalue weighted by atomic mass is 16.5. The Balaban J connectivity index is 1.81. The first-order valence-corrected chi connectivity index (χ1v) is 14.0. The molecule has 1 aromatic carbocycles. The molecule has 0 fully saturated rings. The summed E-state index contributed by atoms with van der Waals surface area (Å²) in [6.07, 6.45) is 0.259. The molecule has 0 saturated heterocycles. The van der Waals surface area contributed by atoms with Crippen molar-refractivity contribution in [3.8, 4) is 6.07 Å². The van der Waals surface area contributed by atoms with Gasteiger partial charge in [-0.25, -0.2) is 15.0 Å². The van der Waals surface area contributed by atoms with Crippen LogP contribution in [-0.4, -0.2) is 56.2 Å². The van der Waals surface area contributed by atoms with Gasteiger partial charge in [0.15, 0.2) is 0 Å². The second kappa shape index (κ2) is 11.6. The number of nitrogens with zero attached hydrogens (tertiary/aromatic N) is 8. The fourth-order valence-corrected chi connectivity index (χ4v) is 5.32. The Hall–Kier alpha value is -5.17. The summed E-state index contributed by atoms with van der Waals surface area (Å²) in [5.41, 5.74) is 1.46. The van der Waals surface area contributed by atoms with Crippen LogP contribution >= 0.6 is 0 Å². The van der Waals surface area contributed by atoms with Gasteiger partial charge in [-0.3, -0.25) is 4.79 Å². The van der Waals surface area contributed by atoms with E-state index in [2.05, 4.69) is 6.07 Å². The highest BCUT2D eigenvalue weighted by Crippen LogP contribution is 2.45. The fraction of sp³-hybridized carbons (Fsp3) is 0.303. The summed E-state index contributed by atoms with van der Waals surface area (Å²) in [5.74, 6) is 3.05. The van der Waals surface area contributed by atoms with Crippen molar-refractivity contribution in [2.45, 2.75) is 26.2 Å². The maximum Gasteiger partial charge on any atom is 0.313 e. The minimum absolute atomic E-state index is 0.259. The molecule has 1 aliphatic heterocycles. The molecule has 43 heavy (non-hydrogen) atoms. The topological polar surface area (TPSA) is 102 Å². The average Bonchev–Trinajstić information content (AvgIpc) is 3.05. The van der Waals surface area contributed by atoms with Gasteiger partial charge in [0.25, 0.3) is 0 Å². The van der Waals surface area contributed by atoms with Crippen LogP contribution in [-0.2, 0) is 9.53 Å². The molecule has 3 aromatic heterocycles. The molecule has 8 bridgehead atoms. The first-order chi connectivity index (χ1) is 20.5. The molecular formula is C33H36N8O2. The highest BCUT2D eigenvalue weighted by Gasteiger charge is 2.35. The van der Waals surface area contributed by atoms with Crippen LogP contribution in [0, 0.1) is 16.7 Å². The van der Waals surface area contributed by atoms with Crippen molar-refractivity contribution in [1.29, 1.82) is 5.26 Å². The van der Waals surface area contributed by atoms with Crippen molar-refractivity contribution in [3.63, 3.8) is 0 Å². The Labute approximate surface area is 252 Å². The number of pyridine rings is 3. The van der Waals surface area contributed by atoms with Gasteiger partial charge < -0.3 is 24.3 Å². The van der Waals surface area contributed by atoms with E-state index < -0.39 is 17.3 Å². The van der Waals surface area contributed by atoms with Gasteiger partial charge in [0.2, 0.25) is 0 Å². The van der Waals surface area contributed by atoms with Crippen molar-refractivity contribution < 1.29 is 9.53 Å². The van der Waals surface area contributed by atoms with Crippen molar-refractivity contribution in [2.75, 3.05) is 54.9 Å². The van der Waals surface area contributed by atoms with Crippen molar-refractivity contribution in [2.24, 2.45) is 5.41 Å². The predicted octanol–water partition coefficient (Wildman–Crippen LogP) is 6.45. The van der Waals surface area contributed by atoms with E-state index in [1.165, 1.54) is 7.11 Å². The van der Waals surface area contributed by atoms with Crippen LogP contribution in [0.25, 0.3) is 0 Å². The highest BCUT2D eigenvalue weighted by molar-refractivity contribution is 5.87. The number of hydrogen-bond donors (Lipinski definition) is 0. The van der Waals surface area contributed by atoms with Crippen LogP contribution in [0.3, 0.4) is 0 Å². The SMILES string of the molecule is COC(=O)[C@@H](CC(C)(C)C#N)c1c2cccc1N(C)c1cccc(n1)N(C)c1cccc(n1)N(C)c1cccc(n1)N2C. The monoisotopic (exact) mass is 576 g/mol. The molecule has 5 rings (SSSR count). The fourth-order valence-electron chi connectivity index (χ4n) is 5.32. The number of aromatic nitrogens is 3. The van der Waals surface area contributed by atoms with Gasteiger partial charge in [-0.2, -0.15) is 5.26 Å². The Morgan fingerprint density at radius 1 is 0.721 bits per heavy atom.